The Morgan fingerprint density at radius 2 is 1.59 bits per heavy atom. The maximum atomic E-state index is 11.9. The molecule has 2 aromatic rings. The van der Waals surface area contributed by atoms with Crippen LogP contribution in [-0.4, -0.2) is 37.9 Å². The summed E-state index contributed by atoms with van der Waals surface area (Å²) < 4.78 is 5.09. The van der Waals surface area contributed by atoms with Gasteiger partial charge in [0.25, 0.3) is 17.7 Å². The molecule has 0 spiro atoms. The monoisotopic (exact) mass is 370 g/mol. The first-order valence-corrected chi connectivity index (χ1v) is 8.28. The van der Waals surface area contributed by atoms with Gasteiger partial charge in [0.1, 0.15) is 5.75 Å². The maximum absolute atomic E-state index is 11.9. The molecule has 8 heteroatoms. The molecule has 0 aliphatic rings. The van der Waals surface area contributed by atoms with Gasteiger partial charge in [-0.05, 0) is 31.2 Å². The Morgan fingerprint density at radius 3 is 2.26 bits per heavy atom. The molecule has 0 atom stereocenters. The summed E-state index contributed by atoms with van der Waals surface area (Å²) in [6.45, 7) is 1.63. The summed E-state index contributed by atoms with van der Waals surface area (Å²) in [5.41, 5.74) is 6.71. The van der Waals surface area contributed by atoms with E-state index < -0.39 is 11.8 Å². The summed E-state index contributed by atoms with van der Waals surface area (Å²) in [6.07, 6.45) is 0. The standard InChI is InChI=1S/C19H22N4O4/c1-13-6-8-14(9-7-13)19(26)21-12-18(25)23-22-17(24)11-20-15-4-3-5-16(10-15)27-2/h3-10,20H,11-12H2,1-2H3,(H,21,26)(H,22,24)(H,23,25). The second kappa shape index (κ2) is 9.81. The molecule has 0 aliphatic carbocycles. The molecule has 0 saturated heterocycles. The largest absolute Gasteiger partial charge is 0.497 e. The predicted octanol–water partition coefficient (Wildman–Crippen LogP) is 0.993. The van der Waals surface area contributed by atoms with Crippen LogP contribution in [0.2, 0.25) is 0 Å². The number of benzene rings is 2. The van der Waals surface area contributed by atoms with Gasteiger partial charge in [-0.3, -0.25) is 25.2 Å². The Bertz CT molecular complexity index is 806. The first-order valence-electron chi connectivity index (χ1n) is 8.28. The third-order valence-electron chi connectivity index (χ3n) is 3.59. The number of carbonyl (C=O) groups is 3. The van der Waals surface area contributed by atoms with Crippen LogP contribution < -0.4 is 26.2 Å². The van der Waals surface area contributed by atoms with Crippen LogP contribution in [0.5, 0.6) is 5.75 Å². The van der Waals surface area contributed by atoms with Gasteiger partial charge in [0.05, 0.1) is 20.2 Å². The van der Waals surface area contributed by atoms with Crippen molar-refractivity contribution in [2.75, 3.05) is 25.5 Å². The van der Waals surface area contributed by atoms with Gasteiger partial charge in [-0.25, -0.2) is 0 Å². The van der Waals surface area contributed by atoms with E-state index in [-0.39, 0.29) is 19.0 Å². The first kappa shape index (κ1) is 19.8. The number of ether oxygens (including phenoxy) is 1. The number of rotatable bonds is 7. The van der Waals surface area contributed by atoms with Crippen molar-refractivity contribution in [1.29, 1.82) is 0 Å². The molecule has 8 nitrogen and oxygen atoms in total. The van der Waals surface area contributed by atoms with Crippen LogP contribution in [0.4, 0.5) is 5.69 Å². The third kappa shape index (κ3) is 6.69. The Balaban J connectivity index is 1.67. The predicted molar refractivity (Wildman–Crippen MR) is 101 cm³/mol. The van der Waals surface area contributed by atoms with Crippen LogP contribution in [0.15, 0.2) is 48.5 Å². The summed E-state index contributed by atoms with van der Waals surface area (Å²) >= 11 is 0. The van der Waals surface area contributed by atoms with E-state index in [0.29, 0.717) is 17.0 Å². The van der Waals surface area contributed by atoms with Crippen molar-refractivity contribution < 1.29 is 19.1 Å². The fourth-order valence-corrected chi connectivity index (χ4v) is 2.11. The van der Waals surface area contributed by atoms with E-state index >= 15 is 0 Å². The van der Waals surface area contributed by atoms with Gasteiger partial charge in [0.15, 0.2) is 0 Å². The van der Waals surface area contributed by atoms with Gasteiger partial charge in [-0.1, -0.05) is 23.8 Å². The highest BCUT2D eigenvalue weighted by Gasteiger charge is 2.09. The first-order chi connectivity index (χ1) is 13.0. The Labute approximate surface area is 157 Å². The molecule has 0 unspecified atom stereocenters. The fraction of sp³-hybridized carbons (Fsp3) is 0.211. The molecule has 0 aliphatic heterocycles. The molecule has 0 bridgehead atoms. The van der Waals surface area contributed by atoms with E-state index in [2.05, 4.69) is 21.5 Å². The molecule has 3 amide bonds. The number of anilines is 1. The summed E-state index contributed by atoms with van der Waals surface area (Å²) in [5.74, 6) is -0.671. The maximum Gasteiger partial charge on any atom is 0.257 e. The number of aryl methyl sites for hydroxylation is 1. The molecule has 2 rings (SSSR count). The Kier molecular flexibility index (Phi) is 7.18. The van der Waals surface area contributed by atoms with Crippen LogP contribution in [0, 0.1) is 6.92 Å². The van der Waals surface area contributed by atoms with Crippen molar-refractivity contribution in [2.45, 2.75) is 6.92 Å². The van der Waals surface area contributed by atoms with E-state index in [1.165, 1.54) is 0 Å². The highest BCUT2D eigenvalue weighted by atomic mass is 16.5. The summed E-state index contributed by atoms with van der Waals surface area (Å²) in [5, 5.41) is 5.39. The molecule has 27 heavy (non-hydrogen) atoms. The van der Waals surface area contributed by atoms with Crippen molar-refractivity contribution in [1.82, 2.24) is 16.2 Å². The van der Waals surface area contributed by atoms with Crippen molar-refractivity contribution in [2.24, 2.45) is 0 Å². The van der Waals surface area contributed by atoms with Crippen molar-refractivity contribution in [3.63, 3.8) is 0 Å². The summed E-state index contributed by atoms with van der Waals surface area (Å²) in [6, 6.07) is 14.1. The molecule has 0 radical (unpaired) electrons. The normalized spacial score (nSPS) is 9.85. The van der Waals surface area contributed by atoms with Gasteiger partial charge in [0, 0.05) is 17.3 Å². The van der Waals surface area contributed by atoms with Gasteiger partial charge >= 0.3 is 0 Å². The fourth-order valence-electron chi connectivity index (χ4n) is 2.11. The molecule has 4 N–H and O–H groups in total. The third-order valence-corrected chi connectivity index (χ3v) is 3.59. The lowest BCUT2D eigenvalue weighted by Gasteiger charge is -2.10. The zero-order valence-corrected chi connectivity index (χ0v) is 15.2. The molecular weight excluding hydrogens is 348 g/mol. The van der Waals surface area contributed by atoms with Crippen molar-refractivity contribution in [3.8, 4) is 5.75 Å². The smallest absolute Gasteiger partial charge is 0.257 e. The number of hydrazine groups is 1. The number of hydrogen-bond donors (Lipinski definition) is 4. The molecule has 0 heterocycles. The lowest BCUT2D eigenvalue weighted by atomic mass is 10.1. The van der Waals surface area contributed by atoms with Crippen LogP contribution >= 0.6 is 0 Å². The quantitative estimate of drug-likeness (QED) is 0.544. The minimum atomic E-state index is -0.537. The van der Waals surface area contributed by atoms with Gasteiger partial charge < -0.3 is 15.4 Å². The molecule has 2 aromatic carbocycles. The molecule has 0 fully saturated rings. The van der Waals surface area contributed by atoms with Gasteiger partial charge in [-0.2, -0.15) is 0 Å². The second-order valence-corrected chi connectivity index (χ2v) is 5.73. The number of nitrogens with one attached hydrogen (secondary N) is 4. The molecule has 0 saturated carbocycles. The van der Waals surface area contributed by atoms with Crippen LogP contribution in [0.3, 0.4) is 0 Å². The van der Waals surface area contributed by atoms with E-state index in [1.54, 1.807) is 43.5 Å². The SMILES string of the molecule is COc1cccc(NCC(=O)NNC(=O)CNC(=O)c2ccc(C)cc2)c1. The number of amides is 3. The number of hydrogen-bond acceptors (Lipinski definition) is 5. The Morgan fingerprint density at radius 1 is 0.926 bits per heavy atom. The number of methoxy groups -OCH3 is 1. The molecular formula is C19H22N4O4. The summed E-state index contributed by atoms with van der Waals surface area (Å²) in [4.78, 5) is 35.4. The van der Waals surface area contributed by atoms with E-state index in [4.69, 9.17) is 4.74 Å². The van der Waals surface area contributed by atoms with Gasteiger partial charge in [-0.15, -0.1) is 0 Å². The van der Waals surface area contributed by atoms with E-state index in [0.717, 1.165) is 5.56 Å². The van der Waals surface area contributed by atoms with E-state index in [1.807, 2.05) is 19.1 Å². The second-order valence-electron chi connectivity index (χ2n) is 5.73. The lowest BCUT2D eigenvalue weighted by molar-refractivity contribution is -0.127. The average molecular weight is 370 g/mol. The van der Waals surface area contributed by atoms with Gasteiger partial charge in [0.2, 0.25) is 0 Å². The molecule has 0 aromatic heterocycles. The topological polar surface area (TPSA) is 109 Å². The zero-order chi connectivity index (χ0) is 19.6. The Hall–Kier alpha value is -3.55. The molecule has 142 valence electrons. The van der Waals surface area contributed by atoms with Crippen molar-refractivity contribution >= 4 is 23.4 Å². The van der Waals surface area contributed by atoms with Crippen LogP contribution in [-0.2, 0) is 9.59 Å². The van der Waals surface area contributed by atoms with Crippen LogP contribution in [0.25, 0.3) is 0 Å². The minimum Gasteiger partial charge on any atom is -0.497 e. The average Bonchev–Trinajstić information content (AvgIpc) is 2.69. The minimum absolute atomic E-state index is 0.0385. The van der Waals surface area contributed by atoms with Crippen LogP contribution in [0.1, 0.15) is 15.9 Å². The van der Waals surface area contributed by atoms with Crippen molar-refractivity contribution in [3.05, 3.63) is 59.7 Å². The highest BCUT2D eigenvalue weighted by molar-refractivity contribution is 5.96. The van der Waals surface area contributed by atoms with E-state index in [9.17, 15) is 14.4 Å². The number of carbonyl (C=O) groups excluding carboxylic acids is 3. The summed E-state index contributed by atoms with van der Waals surface area (Å²) in [7, 11) is 1.55. The zero-order valence-electron chi connectivity index (χ0n) is 15.2. The highest BCUT2D eigenvalue weighted by Crippen LogP contribution is 2.16. The lowest BCUT2D eigenvalue weighted by Crippen LogP contribution is -2.47.